The predicted molar refractivity (Wildman–Crippen MR) is 256 cm³/mol. The molecule has 0 rings (SSSR count). The van der Waals surface area contributed by atoms with Crippen molar-refractivity contribution in [2.75, 3.05) is 126 Å². The average molecular weight is 877 g/mol. The molecule has 0 aliphatic rings. The largest absolute Gasteiger partial charge is 0.381 e. The quantitative estimate of drug-likeness (QED) is 0.0334. The van der Waals surface area contributed by atoms with E-state index in [0.29, 0.717) is 84.5 Å². The molecule has 0 heterocycles. The minimum atomic E-state index is -0.244. The third-order valence-corrected chi connectivity index (χ3v) is 8.96. The van der Waals surface area contributed by atoms with E-state index in [1.54, 1.807) is 0 Å². The second-order valence-electron chi connectivity index (χ2n) is 15.4. The Hall–Kier alpha value is -2.36. The highest BCUT2D eigenvalue weighted by atomic mass is 16.6. The van der Waals surface area contributed by atoms with E-state index in [1.807, 2.05) is 30.4 Å². The smallest absolute Gasteiger partial charge is 0.104 e. The van der Waals surface area contributed by atoms with E-state index in [2.05, 4.69) is 84.7 Å². The Labute approximate surface area is 380 Å². The van der Waals surface area contributed by atoms with Crippen LogP contribution in [0.15, 0.2) is 80.5 Å². The van der Waals surface area contributed by atoms with Crippen molar-refractivity contribution in [1.29, 1.82) is 0 Å². The minimum absolute atomic E-state index is 0.0642. The van der Waals surface area contributed by atoms with E-state index in [4.69, 9.17) is 47.4 Å². The summed E-state index contributed by atoms with van der Waals surface area (Å²) in [6.45, 7) is 41.2. The number of allylic oxidation sites excluding steroid dienone is 2. The fourth-order valence-electron chi connectivity index (χ4n) is 5.72. The lowest BCUT2D eigenvalue weighted by atomic mass is 10.1. The van der Waals surface area contributed by atoms with E-state index >= 15 is 0 Å². The van der Waals surface area contributed by atoms with Crippen LogP contribution in [0.3, 0.4) is 0 Å². The van der Waals surface area contributed by atoms with E-state index in [9.17, 15) is 0 Å². The number of hydrogen-bond acceptors (Lipinski definition) is 10. The van der Waals surface area contributed by atoms with Gasteiger partial charge in [-0.05, 0) is 76.0 Å². The zero-order valence-electron chi connectivity index (χ0n) is 40.3. The molecule has 0 saturated heterocycles. The summed E-state index contributed by atoms with van der Waals surface area (Å²) >= 11 is 0. The summed E-state index contributed by atoms with van der Waals surface area (Å²) in [5.74, 6) is 1.11. The van der Waals surface area contributed by atoms with Crippen LogP contribution < -0.4 is 0 Å². The van der Waals surface area contributed by atoms with Gasteiger partial charge in [-0.25, -0.2) is 0 Å². The summed E-state index contributed by atoms with van der Waals surface area (Å²) in [4.78, 5) is 0. The lowest BCUT2D eigenvalue weighted by Gasteiger charge is -2.23. The van der Waals surface area contributed by atoms with Gasteiger partial charge in [-0.1, -0.05) is 66.5 Å². The van der Waals surface area contributed by atoms with Crippen molar-refractivity contribution in [3.05, 3.63) is 80.5 Å². The fourth-order valence-corrected chi connectivity index (χ4v) is 5.72. The SMILES string of the molecule is C=C=CC(COCCC)COCC(COCC(C=C=C)COCCC)OCC(C=C=C)COCCC.C=CCCC(COCCC)COCCOCC(CCC=C)COCCC. The molecule has 0 aromatic heterocycles. The molecule has 0 fully saturated rings. The summed E-state index contributed by atoms with van der Waals surface area (Å²) in [6.07, 6.45) is 18.5. The van der Waals surface area contributed by atoms with Gasteiger partial charge in [-0.2, -0.15) is 0 Å². The van der Waals surface area contributed by atoms with Crippen LogP contribution in [0, 0.1) is 29.6 Å². The lowest BCUT2D eigenvalue weighted by Crippen LogP contribution is -2.31. The molecule has 0 radical (unpaired) electrons. The van der Waals surface area contributed by atoms with E-state index in [0.717, 1.165) is 111 Å². The molecule has 5 unspecified atom stereocenters. The Morgan fingerprint density at radius 2 is 0.661 bits per heavy atom. The maximum Gasteiger partial charge on any atom is 0.104 e. The minimum Gasteiger partial charge on any atom is -0.381 e. The summed E-state index contributed by atoms with van der Waals surface area (Å²) in [6, 6.07) is 0. The summed E-state index contributed by atoms with van der Waals surface area (Å²) in [5.41, 5.74) is 8.54. The van der Waals surface area contributed by atoms with E-state index < -0.39 is 0 Å². The Balaban J connectivity index is 0. The first-order valence-corrected chi connectivity index (χ1v) is 23.5. The Kier molecular flexibility index (Phi) is 51.1. The van der Waals surface area contributed by atoms with Crippen molar-refractivity contribution in [2.45, 2.75) is 98.5 Å². The predicted octanol–water partition coefficient (Wildman–Crippen LogP) is 10.6. The van der Waals surface area contributed by atoms with Crippen molar-refractivity contribution in [3.8, 4) is 0 Å². The molecule has 10 heteroatoms. The molecule has 360 valence electrons. The Bertz CT molecular complexity index is 1040. The van der Waals surface area contributed by atoms with Crippen LogP contribution in [0.4, 0.5) is 0 Å². The van der Waals surface area contributed by atoms with Gasteiger partial charge in [0.05, 0.1) is 92.5 Å². The monoisotopic (exact) mass is 877 g/mol. The zero-order chi connectivity index (χ0) is 46.0. The van der Waals surface area contributed by atoms with E-state index in [1.165, 1.54) is 0 Å². The molecule has 0 saturated carbocycles. The van der Waals surface area contributed by atoms with Crippen LogP contribution in [-0.2, 0) is 47.4 Å². The van der Waals surface area contributed by atoms with Crippen LogP contribution in [0.5, 0.6) is 0 Å². The Morgan fingerprint density at radius 1 is 0.371 bits per heavy atom. The van der Waals surface area contributed by atoms with Crippen LogP contribution in [0.25, 0.3) is 0 Å². The third-order valence-electron chi connectivity index (χ3n) is 8.96. The molecule has 0 N–H and O–H groups in total. The van der Waals surface area contributed by atoms with Gasteiger partial charge < -0.3 is 47.4 Å². The number of rotatable bonds is 47. The highest BCUT2D eigenvalue weighted by Gasteiger charge is 2.17. The molecule has 0 bridgehead atoms. The second-order valence-corrected chi connectivity index (χ2v) is 15.4. The standard InChI is InChI=1S/C30H50O6.C22H42O4/c1-7-13-27(19-31-16-10-4)22-34-25-30(36-24-29(15-9-3)21-33-18-12-6)26-35-23-28(14-8-2)20-32-17-11-5;1-5-9-11-21(17-23-13-7-3)19-25-15-16-26-20-22(12-10-6-2)18-24-14-8-4/h13-15,27-30H,1-3,10-12,16-26H2,4-6H3;5-6,21-22H,1-2,7-20H2,3-4H3. The highest BCUT2D eigenvalue weighted by molar-refractivity contribution is 4.87. The first-order valence-electron chi connectivity index (χ1n) is 23.5. The van der Waals surface area contributed by atoms with Crippen molar-refractivity contribution in [3.63, 3.8) is 0 Å². The van der Waals surface area contributed by atoms with Crippen molar-refractivity contribution in [2.24, 2.45) is 29.6 Å². The molecule has 0 aromatic carbocycles. The van der Waals surface area contributed by atoms with Crippen LogP contribution in [-0.4, -0.2) is 132 Å². The molecule has 0 aromatic rings. The van der Waals surface area contributed by atoms with Crippen molar-refractivity contribution in [1.82, 2.24) is 0 Å². The van der Waals surface area contributed by atoms with Gasteiger partial charge in [0.25, 0.3) is 0 Å². The molecule has 0 aliphatic heterocycles. The maximum atomic E-state index is 6.20. The first-order chi connectivity index (χ1) is 30.4. The molecule has 0 amide bonds. The number of hydrogen-bond donors (Lipinski definition) is 0. The molecular formula is C52H92O10. The van der Waals surface area contributed by atoms with Gasteiger partial charge in [-0.15, -0.1) is 30.4 Å². The van der Waals surface area contributed by atoms with Gasteiger partial charge in [0.15, 0.2) is 0 Å². The fraction of sp³-hybridized carbons (Fsp3) is 0.750. The zero-order valence-corrected chi connectivity index (χ0v) is 40.3. The normalized spacial score (nSPS) is 13.8. The van der Waals surface area contributed by atoms with Gasteiger partial charge in [-0.3, -0.25) is 0 Å². The summed E-state index contributed by atoms with van der Waals surface area (Å²) in [7, 11) is 0. The lowest BCUT2D eigenvalue weighted by molar-refractivity contribution is -0.0803. The van der Waals surface area contributed by atoms with Crippen molar-refractivity contribution < 1.29 is 47.4 Å². The highest BCUT2D eigenvalue weighted by Crippen LogP contribution is 2.12. The van der Waals surface area contributed by atoms with Crippen molar-refractivity contribution >= 4 is 0 Å². The molecule has 5 atom stereocenters. The van der Waals surface area contributed by atoms with Crippen LogP contribution in [0.1, 0.15) is 92.4 Å². The molecule has 0 spiro atoms. The molecular weight excluding hydrogens is 785 g/mol. The summed E-state index contributed by atoms with van der Waals surface area (Å²) in [5, 5.41) is 0. The first kappa shape index (κ1) is 61.7. The molecule has 10 nitrogen and oxygen atoms in total. The third kappa shape index (κ3) is 42.9. The number of ether oxygens (including phenoxy) is 10. The summed E-state index contributed by atoms with van der Waals surface area (Å²) < 4.78 is 58.2. The van der Waals surface area contributed by atoms with Gasteiger partial charge in [0.2, 0.25) is 0 Å². The van der Waals surface area contributed by atoms with E-state index in [-0.39, 0.29) is 23.9 Å². The maximum absolute atomic E-state index is 6.20. The van der Waals surface area contributed by atoms with Gasteiger partial charge >= 0.3 is 0 Å². The van der Waals surface area contributed by atoms with Gasteiger partial charge in [0.1, 0.15) is 6.10 Å². The second kappa shape index (κ2) is 51.3. The average Bonchev–Trinajstić information content (AvgIpc) is 3.27. The van der Waals surface area contributed by atoms with Crippen LogP contribution >= 0.6 is 0 Å². The Morgan fingerprint density at radius 3 is 0.968 bits per heavy atom. The topological polar surface area (TPSA) is 92.3 Å². The molecule has 62 heavy (non-hydrogen) atoms. The van der Waals surface area contributed by atoms with Crippen LogP contribution in [0.2, 0.25) is 0 Å². The molecule has 0 aliphatic carbocycles. The van der Waals surface area contributed by atoms with Gasteiger partial charge in [0, 0.05) is 62.6 Å².